The van der Waals surface area contributed by atoms with Gasteiger partial charge in [-0.1, -0.05) is 17.7 Å². The molecule has 0 aliphatic heterocycles. The minimum Gasteiger partial charge on any atom is -0.393 e. The first-order valence-corrected chi connectivity index (χ1v) is 8.15. The summed E-state index contributed by atoms with van der Waals surface area (Å²) in [5.74, 6) is 0. The van der Waals surface area contributed by atoms with Gasteiger partial charge in [0, 0.05) is 0 Å². The molecule has 6 heteroatoms. The first-order chi connectivity index (χ1) is 9.47. The first-order valence-electron chi connectivity index (χ1n) is 6.75. The monoisotopic (exact) mass is 316 g/mol. The second-order valence-electron chi connectivity index (χ2n) is 6.32. The van der Waals surface area contributed by atoms with Crippen molar-refractivity contribution in [3.63, 3.8) is 0 Å². The summed E-state index contributed by atoms with van der Waals surface area (Å²) >= 11 is 0. The van der Waals surface area contributed by atoms with Gasteiger partial charge >= 0.3 is 0 Å². The summed E-state index contributed by atoms with van der Waals surface area (Å²) in [6.45, 7) is 8.47. The Morgan fingerprint density at radius 1 is 1.05 bits per heavy atom. The Morgan fingerprint density at radius 2 is 1.57 bits per heavy atom. The third-order valence-electron chi connectivity index (χ3n) is 2.84. The quantitative estimate of drug-likeness (QED) is 0.781. The lowest BCUT2D eigenvalue weighted by Gasteiger charge is -2.30. The normalized spacial score (nSPS) is 13.4. The molecule has 0 aliphatic carbocycles. The Balaban J connectivity index is 2.80. The van der Waals surface area contributed by atoms with Crippen LogP contribution in [0.25, 0.3) is 0 Å². The van der Waals surface area contributed by atoms with E-state index in [1.54, 1.807) is 39.8 Å². The second-order valence-corrected chi connectivity index (χ2v) is 7.86. The molecule has 5 nitrogen and oxygen atoms in total. The number of rotatable bonds is 7. The largest absolute Gasteiger partial charge is 0.393 e. The van der Waals surface area contributed by atoms with Crippen molar-refractivity contribution in [3.05, 3.63) is 29.8 Å². The Bertz CT molecular complexity index is 558. The highest BCUT2D eigenvalue weighted by Gasteiger charge is 2.31. The van der Waals surface area contributed by atoms with Gasteiger partial charge in [0.1, 0.15) is 5.60 Å². The molecule has 0 aromatic heterocycles. The summed E-state index contributed by atoms with van der Waals surface area (Å²) in [5, 5.41) is 9.14. The van der Waals surface area contributed by atoms with Gasteiger partial charge in [-0.2, -0.15) is 8.42 Å². The van der Waals surface area contributed by atoms with Gasteiger partial charge < -0.3 is 9.84 Å². The standard InChI is InChI=1S/C15H24O5S/c1-12-6-8-13(9-7-12)21(17,18)20-15(4,5)11-19-14(2,3)10-16/h6-9,16H,10-11H2,1-5H3. The van der Waals surface area contributed by atoms with Crippen LogP contribution < -0.4 is 0 Å². The summed E-state index contributed by atoms with van der Waals surface area (Å²) in [4.78, 5) is 0.114. The van der Waals surface area contributed by atoms with E-state index in [4.69, 9.17) is 14.0 Å². The van der Waals surface area contributed by atoms with Crippen LogP contribution in [0.2, 0.25) is 0 Å². The van der Waals surface area contributed by atoms with E-state index in [9.17, 15) is 8.42 Å². The Labute approximate surface area is 127 Å². The SMILES string of the molecule is Cc1ccc(S(=O)(=O)OC(C)(C)COC(C)(C)CO)cc1. The van der Waals surface area contributed by atoms with Crippen molar-refractivity contribution in [2.45, 2.75) is 50.7 Å². The zero-order chi connectivity index (χ0) is 16.3. The molecule has 1 aromatic rings. The van der Waals surface area contributed by atoms with Crippen molar-refractivity contribution in [1.29, 1.82) is 0 Å². The zero-order valence-corrected chi connectivity index (χ0v) is 14.0. The molecule has 21 heavy (non-hydrogen) atoms. The van der Waals surface area contributed by atoms with Gasteiger partial charge in [-0.15, -0.1) is 0 Å². The van der Waals surface area contributed by atoms with E-state index in [0.717, 1.165) is 5.56 Å². The minimum atomic E-state index is -3.85. The summed E-state index contributed by atoms with van der Waals surface area (Å²) in [6, 6.07) is 6.46. The number of aliphatic hydroxyl groups is 1. The second kappa shape index (κ2) is 6.44. The van der Waals surface area contributed by atoms with E-state index in [1.807, 2.05) is 6.92 Å². The van der Waals surface area contributed by atoms with Crippen LogP contribution in [-0.4, -0.2) is 37.9 Å². The molecule has 0 atom stereocenters. The van der Waals surface area contributed by atoms with Crippen LogP contribution in [0.1, 0.15) is 33.3 Å². The molecule has 0 fully saturated rings. The topological polar surface area (TPSA) is 72.8 Å². The van der Waals surface area contributed by atoms with Crippen LogP contribution in [0.5, 0.6) is 0 Å². The van der Waals surface area contributed by atoms with Gasteiger partial charge in [-0.25, -0.2) is 0 Å². The zero-order valence-electron chi connectivity index (χ0n) is 13.2. The number of hydrogen-bond donors (Lipinski definition) is 1. The molecule has 0 radical (unpaired) electrons. The van der Waals surface area contributed by atoms with Crippen molar-refractivity contribution in [1.82, 2.24) is 0 Å². The molecule has 0 spiro atoms. The van der Waals surface area contributed by atoms with Crippen molar-refractivity contribution in [3.8, 4) is 0 Å². The van der Waals surface area contributed by atoms with E-state index in [-0.39, 0.29) is 18.1 Å². The maximum absolute atomic E-state index is 12.2. The fraction of sp³-hybridized carbons (Fsp3) is 0.600. The van der Waals surface area contributed by atoms with E-state index in [0.29, 0.717) is 0 Å². The number of aryl methyl sites for hydroxylation is 1. The lowest BCUT2D eigenvalue weighted by atomic mass is 10.1. The molecule has 1 rings (SSSR count). The molecule has 1 aromatic carbocycles. The number of benzene rings is 1. The van der Waals surface area contributed by atoms with E-state index in [2.05, 4.69) is 0 Å². The van der Waals surface area contributed by atoms with Gasteiger partial charge in [-0.05, 0) is 46.8 Å². The molecule has 0 unspecified atom stereocenters. The minimum absolute atomic E-state index is 0.0473. The van der Waals surface area contributed by atoms with Crippen LogP contribution in [0.4, 0.5) is 0 Å². The summed E-state index contributed by atoms with van der Waals surface area (Å²) < 4.78 is 35.2. The third kappa shape index (κ3) is 5.74. The number of ether oxygens (including phenoxy) is 1. The smallest absolute Gasteiger partial charge is 0.297 e. The Morgan fingerprint density at radius 3 is 2.05 bits per heavy atom. The summed E-state index contributed by atoms with van der Waals surface area (Å²) in [6.07, 6.45) is 0. The molecule has 0 bridgehead atoms. The van der Waals surface area contributed by atoms with Crippen molar-refractivity contribution < 1.29 is 22.4 Å². The highest BCUT2D eigenvalue weighted by Crippen LogP contribution is 2.22. The van der Waals surface area contributed by atoms with Crippen molar-refractivity contribution in [2.75, 3.05) is 13.2 Å². The Hall–Kier alpha value is -0.950. The lowest BCUT2D eigenvalue weighted by Crippen LogP contribution is -2.39. The summed E-state index contributed by atoms with van der Waals surface area (Å²) in [5.41, 5.74) is -0.800. The molecule has 0 saturated heterocycles. The van der Waals surface area contributed by atoms with Gasteiger partial charge in [0.2, 0.25) is 0 Å². The van der Waals surface area contributed by atoms with E-state index in [1.165, 1.54) is 12.1 Å². The Kier molecular flexibility index (Phi) is 5.55. The van der Waals surface area contributed by atoms with Gasteiger partial charge in [0.15, 0.2) is 0 Å². The van der Waals surface area contributed by atoms with Gasteiger partial charge in [0.05, 0.1) is 23.7 Å². The first kappa shape index (κ1) is 18.1. The maximum atomic E-state index is 12.2. The van der Waals surface area contributed by atoms with Crippen LogP contribution in [-0.2, 0) is 19.0 Å². The number of aliphatic hydroxyl groups excluding tert-OH is 1. The van der Waals surface area contributed by atoms with Crippen molar-refractivity contribution in [2.24, 2.45) is 0 Å². The van der Waals surface area contributed by atoms with Crippen LogP contribution in [0.15, 0.2) is 29.2 Å². The van der Waals surface area contributed by atoms with Gasteiger partial charge in [-0.3, -0.25) is 4.18 Å². The predicted molar refractivity (Wildman–Crippen MR) is 80.6 cm³/mol. The molecular weight excluding hydrogens is 292 g/mol. The predicted octanol–water partition coefficient (Wildman–Crippen LogP) is 2.27. The fourth-order valence-electron chi connectivity index (χ4n) is 1.49. The highest BCUT2D eigenvalue weighted by atomic mass is 32.2. The van der Waals surface area contributed by atoms with E-state index >= 15 is 0 Å². The molecule has 1 N–H and O–H groups in total. The van der Waals surface area contributed by atoms with Crippen LogP contribution in [0.3, 0.4) is 0 Å². The molecule has 0 amide bonds. The summed E-state index contributed by atoms with van der Waals surface area (Å²) in [7, 11) is -3.85. The average Bonchev–Trinajstić information content (AvgIpc) is 2.36. The highest BCUT2D eigenvalue weighted by molar-refractivity contribution is 7.86. The fourth-order valence-corrected chi connectivity index (χ4v) is 2.70. The molecular formula is C15H24O5S. The molecule has 0 saturated carbocycles. The number of hydrogen-bond acceptors (Lipinski definition) is 5. The maximum Gasteiger partial charge on any atom is 0.297 e. The third-order valence-corrected chi connectivity index (χ3v) is 4.36. The molecule has 0 heterocycles. The average molecular weight is 316 g/mol. The molecule has 120 valence electrons. The van der Waals surface area contributed by atoms with E-state index < -0.39 is 21.3 Å². The van der Waals surface area contributed by atoms with Gasteiger partial charge in [0.25, 0.3) is 10.1 Å². The van der Waals surface area contributed by atoms with Crippen molar-refractivity contribution >= 4 is 10.1 Å². The van der Waals surface area contributed by atoms with Crippen LogP contribution >= 0.6 is 0 Å². The molecule has 0 aliphatic rings. The lowest BCUT2D eigenvalue weighted by molar-refractivity contribution is -0.0998. The van der Waals surface area contributed by atoms with Crippen LogP contribution in [0, 0.1) is 6.92 Å².